The van der Waals surface area contributed by atoms with Crippen molar-refractivity contribution in [3.63, 3.8) is 0 Å². The van der Waals surface area contributed by atoms with Crippen molar-refractivity contribution in [2.45, 2.75) is 26.2 Å². The second-order valence-corrected chi connectivity index (χ2v) is 3.77. The Kier molecular flexibility index (Phi) is 5.57. The SMILES string of the molecule is C1CCNC1.CCc1ccccc1C(=O)O. The second kappa shape index (κ2) is 7.01. The molecule has 0 aliphatic carbocycles. The zero-order chi connectivity index (χ0) is 11.8. The minimum Gasteiger partial charge on any atom is -0.478 e. The van der Waals surface area contributed by atoms with Crippen LogP contribution in [-0.2, 0) is 6.42 Å². The van der Waals surface area contributed by atoms with Gasteiger partial charge >= 0.3 is 5.97 Å². The molecule has 0 bridgehead atoms. The number of aromatic carboxylic acids is 1. The highest BCUT2D eigenvalue weighted by Crippen LogP contribution is 2.08. The van der Waals surface area contributed by atoms with E-state index in [1.165, 1.54) is 25.9 Å². The third-order valence-electron chi connectivity index (χ3n) is 2.59. The standard InChI is InChI=1S/C9H10O2.C4H9N/c1-2-7-5-3-4-6-8(7)9(10)11;1-2-4-5-3-1/h3-6H,2H2,1H3,(H,10,11);5H,1-4H2. The lowest BCUT2D eigenvalue weighted by atomic mass is 10.1. The van der Waals surface area contributed by atoms with Gasteiger partial charge in [0, 0.05) is 0 Å². The molecular weight excluding hydrogens is 202 g/mol. The first-order valence-electron chi connectivity index (χ1n) is 5.77. The van der Waals surface area contributed by atoms with Crippen molar-refractivity contribution in [2.75, 3.05) is 13.1 Å². The van der Waals surface area contributed by atoms with Crippen LogP contribution in [0.15, 0.2) is 24.3 Å². The zero-order valence-corrected chi connectivity index (χ0v) is 9.70. The van der Waals surface area contributed by atoms with E-state index in [9.17, 15) is 4.79 Å². The van der Waals surface area contributed by atoms with Crippen molar-refractivity contribution < 1.29 is 9.90 Å². The van der Waals surface area contributed by atoms with Crippen molar-refractivity contribution in [3.8, 4) is 0 Å². The summed E-state index contributed by atoms with van der Waals surface area (Å²) < 4.78 is 0. The summed E-state index contributed by atoms with van der Waals surface area (Å²) in [5.74, 6) is -0.845. The Labute approximate surface area is 96.5 Å². The molecule has 16 heavy (non-hydrogen) atoms. The highest BCUT2D eigenvalue weighted by Gasteiger charge is 2.05. The molecule has 3 heteroatoms. The fraction of sp³-hybridized carbons (Fsp3) is 0.462. The van der Waals surface area contributed by atoms with E-state index < -0.39 is 5.97 Å². The highest BCUT2D eigenvalue weighted by atomic mass is 16.4. The molecule has 0 aromatic heterocycles. The Balaban J connectivity index is 0.000000212. The molecule has 3 nitrogen and oxygen atoms in total. The molecule has 1 saturated heterocycles. The average Bonchev–Trinajstić information content (AvgIpc) is 2.87. The van der Waals surface area contributed by atoms with E-state index in [2.05, 4.69) is 5.32 Å². The Morgan fingerprint density at radius 1 is 1.31 bits per heavy atom. The van der Waals surface area contributed by atoms with Crippen LogP contribution < -0.4 is 5.32 Å². The van der Waals surface area contributed by atoms with Gasteiger partial charge in [0.15, 0.2) is 0 Å². The number of rotatable bonds is 2. The third kappa shape index (κ3) is 4.03. The molecule has 1 fully saturated rings. The predicted molar refractivity (Wildman–Crippen MR) is 64.9 cm³/mol. The molecule has 0 unspecified atom stereocenters. The van der Waals surface area contributed by atoms with Crippen molar-refractivity contribution in [1.29, 1.82) is 0 Å². The summed E-state index contributed by atoms with van der Waals surface area (Å²) in [7, 11) is 0. The Morgan fingerprint density at radius 3 is 2.31 bits per heavy atom. The average molecular weight is 221 g/mol. The number of hydrogen-bond acceptors (Lipinski definition) is 2. The lowest BCUT2D eigenvalue weighted by Crippen LogP contribution is -2.03. The molecular formula is C13H19NO2. The Hall–Kier alpha value is -1.35. The van der Waals surface area contributed by atoms with Gasteiger partial charge in [-0.15, -0.1) is 0 Å². The third-order valence-corrected chi connectivity index (χ3v) is 2.59. The quantitative estimate of drug-likeness (QED) is 0.805. The first kappa shape index (κ1) is 12.7. The number of carbonyl (C=O) groups is 1. The molecule has 2 N–H and O–H groups in total. The van der Waals surface area contributed by atoms with E-state index in [0.29, 0.717) is 5.56 Å². The van der Waals surface area contributed by atoms with Crippen LogP contribution in [0.1, 0.15) is 35.7 Å². The van der Waals surface area contributed by atoms with E-state index >= 15 is 0 Å². The molecule has 88 valence electrons. The van der Waals surface area contributed by atoms with Crippen LogP contribution in [0.25, 0.3) is 0 Å². The van der Waals surface area contributed by atoms with Crippen molar-refractivity contribution in [1.82, 2.24) is 5.32 Å². The van der Waals surface area contributed by atoms with E-state index in [0.717, 1.165) is 12.0 Å². The van der Waals surface area contributed by atoms with Gasteiger partial charge in [-0.3, -0.25) is 0 Å². The minimum atomic E-state index is -0.845. The van der Waals surface area contributed by atoms with Gasteiger partial charge < -0.3 is 10.4 Å². The van der Waals surface area contributed by atoms with Crippen LogP contribution in [0.5, 0.6) is 0 Å². The maximum Gasteiger partial charge on any atom is 0.335 e. The van der Waals surface area contributed by atoms with Crippen LogP contribution >= 0.6 is 0 Å². The second-order valence-electron chi connectivity index (χ2n) is 3.77. The Morgan fingerprint density at radius 2 is 1.94 bits per heavy atom. The molecule has 2 rings (SSSR count). The predicted octanol–water partition coefficient (Wildman–Crippen LogP) is 2.32. The van der Waals surface area contributed by atoms with Gasteiger partial charge in [-0.05, 0) is 44.0 Å². The maximum atomic E-state index is 10.6. The summed E-state index contributed by atoms with van der Waals surface area (Å²) in [6.07, 6.45) is 3.54. The van der Waals surface area contributed by atoms with Crippen molar-refractivity contribution >= 4 is 5.97 Å². The molecule has 1 aromatic rings. The van der Waals surface area contributed by atoms with Crippen LogP contribution in [0.4, 0.5) is 0 Å². The lowest BCUT2D eigenvalue weighted by Gasteiger charge is -2.00. The maximum absolute atomic E-state index is 10.6. The van der Waals surface area contributed by atoms with Crippen LogP contribution in [0.2, 0.25) is 0 Å². The van der Waals surface area contributed by atoms with Crippen molar-refractivity contribution in [3.05, 3.63) is 35.4 Å². The first-order chi connectivity index (χ1) is 7.75. The largest absolute Gasteiger partial charge is 0.478 e. The fourth-order valence-corrected chi connectivity index (χ4v) is 1.66. The van der Waals surface area contributed by atoms with Crippen molar-refractivity contribution in [2.24, 2.45) is 0 Å². The van der Waals surface area contributed by atoms with E-state index in [-0.39, 0.29) is 0 Å². The van der Waals surface area contributed by atoms with E-state index in [1.54, 1.807) is 12.1 Å². The molecule has 0 radical (unpaired) electrons. The number of carboxylic acids is 1. The number of benzene rings is 1. The van der Waals surface area contributed by atoms with Crippen LogP contribution in [-0.4, -0.2) is 24.2 Å². The summed E-state index contributed by atoms with van der Waals surface area (Å²) in [5.41, 5.74) is 1.30. The van der Waals surface area contributed by atoms with Crippen LogP contribution in [0.3, 0.4) is 0 Å². The highest BCUT2D eigenvalue weighted by molar-refractivity contribution is 5.89. The van der Waals surface area contributed by atoms with Gasteiger partial charge in [0.05, 0.1) is 5.56 Å². The lowest BCUT2D eigenvalue weighted by molar-refractivity contribution is 0.0696. The van der Waals surface area contributed by atoms with Gasteiger partial charge in [0.25, 0.3) is 0 Å². The topological polar surface area (TPSA) is 49.3 Å². The summed E-state index contributed by atoms with van der Waals surface area (Å²) >= 11 is 0. The number of hydrogen-bond donors (Lipinski definition) is 2. The smallest absolute Gasteiger partial charge is 0.335 e. The zero-order valence-electron chi connectivity index (χ0n) is 9.70. The Bertz CT molecular complexity index is 325. The summed E-state index contributed by atoms with van der Waals surface area (Å²) in [6.45, 7) is 4.45. The number of aryl methyl sites for hydroxylation is 1. The molecule has 0 atom stereocenters. The minimum absolute atomic E-state index is 0.412. The van der Waals surface area contributed by atoms with E-state index in [4.69, 9.17) is 5.11 Å². The molecule has 0 saturated carbocycles. The molecule has 1 aliphatic rings. The normalized spacial score (nSPS) is 14.1. The van der Waals surface area contributed by atoms with Gasteiger partial charge in [0.1, 0.15) is 0 Å². The van der Waals surface area contributed by atoms with Gasteiger partial charge in [-0.25, -0.2) is 4.79 Å². The molecule has 1 heterocycles. The summed E-state index contributed by atoms with van der Waals surface area (Å²) in [6, 6.07) is 7.05. The molecule has 1 aromatic carbocycles. The van der Waals surface area contributed by atoms with E-state index in [1.807, 2.05) is 19.1 Å². The summed E-state index contributed by atoms with van der Waals surface area (Å²) in [4.78, 5) is 10.6. The van der Waals surface area contributed by atoms with Gasteiger partial charge in [-0.1, -0.05) is 25.1 Å². The number of nitrogens with one attached hydrogen (secondary N) is 1. The fourth-order valence-electron chi connectivity index (χ4n) is 1.66. The van der Waals surface area contributed by atoms with Gasteiger partial charge in [-0.2, -0.15) is 0 Å². The monoisotopic (exact) mass is 221 g/mol. The molecule has 0 amide bonds. The van der Waals surface area contributed by atoms with Crippen LogP contribution in [0, 0.1) is 0 Å². The number of carboxylic acid groups (broad SMARTS) is 1. The molecule has 0 spiro atoms. The molecule has 1 aliphatic heterocycles. The van der Waals surface area contributed by atoms with Gasteiger partial charge in [0.2, 0.25) is 0 Å². The summed E-state index contributed by atoms with van der Waals surface area (Å²) in [5, 5.41) is 11.9. The first-order valence-corrected chi connectivity index (χ1v) is 5.77.